The maximum absolute atomic E-state index is 13.6. The molecule has 1 atom stereocenters. The molecule has 3 aromatic carbocycles. The highest BCUT2D eigenvalue weighted by atomic mass is 16.5. The highest BCUT2D eigenvalue weighted by Crippen LogP contribution is 2.41. The fourth-order valence-corrected chi connectivity index (χ4v) is 4.20. The van der Waals surface area contributed by atoms with Crippen molar-refractivity contribution in [3.05, 3.63) is 106 Å². The summed E-state index contributed by atoms with van der Waals surface area (Å²) in [4.78, 5) is 28.7. The quantitative estimate of drug-likeness (QED) is 0.371. The number of hydrogen-bond donors (Lipinski definition) is 0. The van der Waals surface area contributed by atoms with Crippen LogP contribution < -0.4 is 15.1 Å². The predicted octanol–water partition coefficient (Wildman–Crippen LogP) is 5.72. The largest absolute Gasteiger partial charge is 0.494 e. The predicted molar refractivity (Wildman–Crippen MR) is 124 cm³/mol. The number of para-hydroxylation sites is 2. The molecule has 0 radical (unpaired) electrons. The molecule has 0 bridgehead atoms. The van der Waals surface area contributed by atoms with Crippen LogP contribution in [0.2, 0.25) is 0 Å². The van der Waals surface area contributed by atoms with Gasteiger partial charge in [0.05, 0.1) is 23.6 Å². The van der Waals surface area contributed by atoms with Gasteiger partial charge in [-0.2, -0.15) is 0 Å². The summed E-state index contributed by atoms with van der Waals surface area (Å²) < 4.78 is 11.9. The van der Waals surface area contributed by atoms with Gasteiger partial charge in [0.2, 0.25) is 5.76 Å². The molecule has 160 valence electrons. The summed E-state index contributed by atoms with van der Waals surface area (Å²) in [6, 6.07) is 23.4. The number of carbonyl (C=O) groups is 1. The number of nitrogens with zero attached hydrogens (tertiary/aromatic N) is 1. The van der Waals surface area contributed by atoms with E-state index in [0.717, 1.165) is 24.2 Å². The Balaban J connectivity index is 1.70. The molecule has 32 heavy (non-hydrogen) atoms. The molecule has 1 aliphatic rings. The van der Waals surface area contributed by atoms with Gasteiger partial charge in [0.25, 0.3) is 5.91 Å². The van der Waals surface area contributed by atoms with Gasteiger partial charge < -0.3 is 9.15 Å². The Morgan fingerprint density at radius 2 is 1.72 bits per heavy atom. The van der Waals surface area contributed by atoms with Crippen molar-refractivity contribution < 1.29 is 13.9 Å². The van der Waals surface area contributed by atoms with Gasteiger partial charge in [-0.25, -0.2) is 0 Å². The fraction of sp³-hybridized carbons (Fsp3) is 0.185. The van der Waals surface area contributed by atoms with Crippen LogP contribution in [0.5, 0.6) is 5.75 Å². The summed E-state index contributed by atoms with van der Waals surface area (Å²) in [6.45, 7) is 2.73. The van der Waals surface area contributed by atoms with Crippen molar-refractivity contribution in [2.24, 2.45) is 0 Å². The number of fused-ring (bicyclic) bond motifs is 2. The van der Waals surface area contributed by atoms with Crippen molar-refractivity contribution in [2.75, 3.05) is 11.5 Å². The van der Waals surface area contributed by atoms with Crippen molar-refractivity contribution in [3.8, 4) is 5.75 Å². The maximum atomic E-state index is 13.6. The van der Waals surface area contributed by atoms with Crippen LogP contribution in [0.15, 0.2) is 88.1 Å². The zero-order chi connectivity index (χ0) is 22.1. The summed E-state index contributed by atoms with van der Waals surface area (Å²) in [5.41, 5.74) is 2.10. The molecule has 0 fully saturated rings. The van der Waals surface area contributed by atoms with Crippen LogP contribution in [0.3, 0.4) is 0 Å². The van der Waals surface area contributed by atoms with Crippen molar-refractivity contribution in [2.45, 2.75) is 25.8 Å². The Morgan fingerprint density at radius 3 is 2.53 bits per heavy atom. The first-order valence-electron chi connectivity index (χ1n) is 10.9. The molecule has 5 nitrogen and oxygen atoms in total. The summed E-state index contributed by atoms with van der Waals surface area (Å²) in [7, 11) is 0. The average Bonchev–Trinajstić information content (AvgIpc) is 3.13. The average molecular weight is 425 g/mol. The lowest BCUT2D eigenvalue weighted by molar-refractivity contribution is 0.0971. The third kappa shape index (κ3) is 3.36. The normalized spacial score (nSPS) is 15.2. The van der Waals surface area contributed by atoms with Crippen LogP contribution in [-0.2, 0) is 0 Å². The van der Waals surface area contributed by atoms with Crippen molar-refractivity contribution in [1.29, 1.82) is 0 Å². The van der Waals surface area contributed by atoms with E-state index >= 15 is 0 Å². The number of unbranched alkanes of at least 4 members (excludes halogenated alkanes) is 1. The molecule has 1 aromatic heterocycles. The number of rotatable bonds is 6. The van der Waals surface area contributed by atoms with Gasteiger partial charge in [0.1, 0.15) is 11.3 Å². The monoisotopic (exact) mass is 425 g/mol. The molecule has 0 saturated carbocycles. The fourth-order valence-electron chi connectivity index (χ4n) is 4.20. The lowest BCUT2D eigenvalue weighted by Crippen LogP contribution is -2.29. The van der Waals surface area contributed by atoms with E-state index in [4.69, 9.17) is 9.15 Å². The van der Waals surface area contributed by atoms with E-state index in [1.807, 2.05) is 54.6 Å². The topological polar surface area (TPSA) is 59.8 Å². The van der Waals surface area contributed by atoms with Gasteiger partial charge in [0.15, 0.2) is 5.43 Å². The van der Waals surface area contributed by atoms with Crippen LogP contribution in [-0.4, -0.2) is 12.5 Å². The van der Waals surface area contributed by atoms with Crippen LogP contribution in [0.1, 0.15) is 47.5 Å². The Hall–Kier alpha value is -3.86. The van der Waals surface area contributed by atoms with Gasteiger partial charge in [-0.05, 0) is 48.4 Å². The number of amides is 1. The van der Waals surface area contributed by atoms with Crippen LogP contribution in [0, 0.1) is 0 Å². The first-order chi connectivity index (χ1) is 15.7. The molecule has 0 aliphatic carbocycles. The molecule has 1 unspecified atom stereocenters. The van der Waals surface area contributed by atoms with E-state index in [0.29, 0.717) is 28.8 Å². The van der Waals surface area contributed by atoms with Crippen LogP contribution in [0.25, 0.3) is 11.0 Å². The maximum Gasteiger partial charge on any atom is 0.295 e. The second-order valence-corrected chi connectivity index (χ2v) is 7.86. The van der Waals surface area contributed by atoms with Gasteiger partial charge in [-0.1, -0.05) is 55.8 Å². The number of anilines is 1. The summed E-state index contributed by atoms with van der Waals surface area (Å²) in [5.74, 6) is 0.492. The molecular weight excluding hydrogens is 402 g/mol. The molecule has 5 heteroatoms. The van der Waals surface area contributed by atoms with E-state index in [9.17, 15) is 9.59 Å². The second-order valence-electron chi connectivity index (χ2n) is 7.86. The lowest BCUT2D eigenvalue weighted by atomic mass is 9.98. The first-order valence-corrected chi connectivity index (χ1v) is 10.9. The highest BCUT2D eigenvalue weighted by molar-refractivity contribution is 6.10. The molecule has 1 aliphatic heterocycles. The third-order valence-electron chi connectivity index (χ3n) is 5.75. The molecule has 0 spiro atoms. The Morgan fingerprint density at radius 1 is 0.938 bits per heavy atom. The smallest absolute Gasteiger partial charge is 0.295 e. The molecule has 4 aromatic rings. The summed E-state index contributed by atoms with van der Waals surface area (Å²) in [6.07, 6.45) is 2.00. The molecule has 0 saturated heterocycles. The van der Waals surface area contributed by atoms with E-state index in [1.165, 1.54) is 0 Å². The standard InChI is InChI=1S/C27H23NO4/c1-2-3-16-31-20-13-9-10-18(17-20)24-23-25(29)21-14-7-8-15-22(21)32-26(23)27(30)28(24)19-11-5-4-6-12-19/h4-15,17,24H,2-3,16H2,1H3. The minimum Gasteiger partial charge on any atom is -0.494 e. The molecule has 0 N–H and O–H groups in total. The van der Waals surface area contributed by atoms with Gasteiger partial charge >= 0.3 is 0 Å². The van der Waals surface area contributed by atoms with Crippen molar-refractivity contribution >= 4 is 22.6 Å². The summed E-state index contributed by atoms with van der Waals surface area (Å²) >= 11 is 0. The minimum absolute atomic E-state index is 0.0971. The Labute approximate surface area is 185 Å². The molecule has 1 amide bonds. The van der Waals surface area contributed by atoms with Crippen LogP contribution in [0.4, 0.5) is 5.69 Å². The van der Waals surface area contributed by atoms with E-state index in [2.05, 4.69) is 6.92 Å². The van der Waals surface area contributed by atoms with Gasteiger partial charge in [0, 0.05) is 5.69 Å². The minimum atomic E-state index is -0.601. The number of benzene rings is 3. The Kier molecular flexibility index (Phi) is 5.23. The number of carbonyl (C=O) groups excluding carboxylic acids is 1. The number of ether oxygens (including phenoxy) is 1. The number of hydrogen-bond acceptors (Lipinski definition) is 4. The molecule has 5 rings (SSSR count). The SMILES string of the molecule is CCCCOc1cccc(C2c3c(oc4ccccc4c3=O)C(=O)N2c2ccccc2)c1. The third-order valence-corrected chi connectivity index (χ3v) is 5.75. The molecule has 2 heterocycles. The molecular formula is C27H23NO4. The van der Waals surface area contributed by atoms with Gasteiger partial charge in [-0.3, -0.25) is 14.5 Å². The Bertz CT molecular complexity index is 1340. The van der Waals surface area contributed by atoms with Crippen LogP contribution >= 0.6 is 0 Å². The van der Waals surface area contributed by atoms with Crippen molar-refractivity contribution in [1.82, 2.24) is 0 Å². The second kappa shape index (κ2) is 8.35. The van der Waals surface area contributed by atoms with E-state index < -0.39 is 6.04 Å². The highest BCUT2D eigenvalue weighted by Gasteiger charge is 2.43. The lowest BCUT2D eigenvalue weighted by Gasteiger charge is -2.25. The van der Waals surface area contributed by atoms with E-state index in [1.54, 1.807) is 29.2 Å². The zero-order valence-corrected chi connectivity index (χ0v) is 17.8. The summed E-state index contributed by atoms with van der Waals surface area (Å²) in [5, 5.41) is 0.467. The first kappa shape index (κ1) is 20.1. The van der Waals surface area contributed by atoms with E-state index in [-0.39, 0.29) is 17.1 Å². The van der Waals surface area contributed by atoms with Gasteiger partial charge in [-0.15, -0.1) is 0 Å². The van der Waals surface area contributed by atoms with Crippen molar-refractivity contribution in [3.63, 3.8) is 0 Å². The zero-order valence-electron chi connectivity index (χ0n) is 17.8.